The van der Waals surface area contributed by atoms with Crippen molar-refractivity contribution in [3.8, 4) is 0 Å². The molecule has 0 aliphatic rings. The quantitative estimate of drug-likeness (QED) is 0.718. The van der Waals surface area contributed by atoms with Gasteiger partial charge in [-0.15, -0.1) is 0 Å². The van der Waals surface area contributed by atoms with Crippen molar-refractivity contribution < 1.29 is 9.53 Å². The number of nitrogens with zero attached hydrogens (tertiary/aromatic N) is 2. The molecule has 1 aromatic carbocycles. The van der Waals surface area contributed by atoms with Crippen molar-refractivity contribution in [1.29, 1.82) is 0 Å². The van der Waals surface area contributed by atoms with Crippen molar-refractivity contribution in [3.05, 3.63) is 36.0 Å². The van der Waals surface area contributed by atoms with Gasteiger partial charge in [-0.2, -0.15) is 0 Å². The van der Waals surface area contributed by atoms with Gasteiger partial charge in [-0.1, -0.05) is 18.2 Å². The lowest BCUT2D eigenvalue weighted by molar-refractivity contribution is 0.0603. The summed E-state index contributed by atoms with van der Waals surface area (Å²) >= 11 is 0. The van der Waals surface area contributed by atoms with Crippen molar-refractivity contribution in [1.82, 2.24) is 4.68 Å². The summed E-state index contributed by atoms with van der Waals surface area (Å²) in [6, 6.07) is 7.75. The molecule has 1 aromatic heterocycles. The van der Waals surface area contributed by atoms with Crippen LogP contribution in [0.2, 0.25) is 0 Å². The normalized spacial score (nSPS) is 10.4. The molecule has 0 bridgehead atoms. The van der Waals surface area contributed by atoms with Crippen LogP contribution >= 0.6 is 0 Å². The summed E-state index contributed by atoms with van der Waals surface area (Å²) in [5, 5.41) is 2.82. The highest BCUT2D eigenvalue weighted by molar-refractivity contribution is 6.04. The highest BCUT2D eigenvalue weighted by atomic mass is 16.5. The number of ether oxygens (including phenoxy) is 1. The average molecular weight is 218 g/mol. The van der Waals surface area contributed by atoms with Crippen LogP contribution in [0.3, 0.4) is 0 Å². The molecule has 0 aliphatic carbocycles. The number of hydrogen-bond donors (Lipinski definition) is 0. The molecule has 0 atom stereocenters. The van der Waals surface area contributed by atoms with Gasteiger partial charge in [0.15, 0.2) is 0 Å². The third-order valence-electron chi connectivity index (χ3n) is 2.53. The fraction of sp³-hybridized carbons (Fsp3) is 0.250. The Hall–Kier alpha value is -1.97. The smallest absolute Gasteiger partial charge is 0.340 e. The van der Waals surface area contributed by atoms with Gasteiger partial charge in [-0.3, -0.25) is 4.68 Å². The zero-order valence-corrected chi connectivity index (χ0v) is 9.60. The SMILES string of the molecule is COC(=O)c1cn(N(C)C)c2ccccc12. The molecule has 0 spiro atoms. The van der Waals surface area contributed by atoms with Crippen LogP contribution in [-0.4, -0.2) is 31.9 Å². The van der Waals surface area contributed by atoms with Gasteiger partial charge in [-0.05, 0) is 6.07 Å². The maximum atomic E-state index is 11.6. The van der Waals surface area contributed by atoms with Gasteiger partial charge < -0.3 is 9.75 Å². The first-order chi connectivity index (χ1) is 7.65. The van der Waals surface area contributed by atoms with E-state index in [-0.39, 0.29) is 5.97 Å². The molecule has 2 aromatic rings. The Morgan fingerprint density at radius 2 is 2.00 bits per heavy atom. The monoisotopic (exact) mass is 218 g/mol. The predicted molar refractivity (Wildman–Crippen MR) is 63.3 cm³/mol. The molecule has 0 radical (unpaired) electrons. The van der Waals surface area contributed by atoms with Crippen LogP contribution in [0.5, 0.6) is 0 Å². The number of fused-ring (bicyclic) bond motifs is 1. The van der Waals surface area contributed by atoms with Crippen LogP contribution in [0.1, 0.15) is 10.4 Å². The van der Waals surface area contributed by atoms with Gasteiger partial charge in [0.2, 0.25) is 0 Å². The lowest BCUT2D eigenvalue weighted by Crippen LogP contribution is -2.23. The first kappa shape index (κ1) is 10.5. The van der Waals surface area contributed by atoms with Gasteiger partial charge >= 0.3 is 5.97 Å². The van der Waals surface area contributed by atoms with E-state index >= 15 is 0 Å². The van der Waals surface area contributed by atoms with Crippen LogP contribution in [0, 0.1) is 0 Å². The Morgan fingerprint density at radius 1 is 1.31 bits per heavy atom. The maximum Gasteiger partial charge on any atom is 0.340 e. The van der Waals surface area contributed by atoms with Gasteiger partial charge in [-0.25, -0.2) is 4.79 Å². The van der Waals surface area contributed by atoms with E-state index in [0.717, 1.165) is 10.9 Å². The van der Waals surface area contributed by atoms with Gasteiger partial charge in [0.1, 0.15) is 0 Å². The second kappa shape index (κ2) is 3.89. The van der Waals surface area contributed by atoms with E-state index in [1.165, 1.54) is 7.11 Å². The van der Waals surface area contributed by atoms with Crippen LogP contribution in [0.15, 0.2) is 30.5 Å². The molecule has 0 aliphatic heterocycles. The van der Waals surface area contributed by atoms with Gasteiger partial charge in [0.05, 0.1) is 18.2 Å². The molecule has 0 saturated carbocycles. The van der Waals surface area contributed by atoms with Crippen LogP contribution in [-0.2, 0) is 4.74 Å². The zero-order valence-electron chi connectivity index (χ0n) is 9.60. The van der Waals surface area contributed by atoms with Crippen molar-refractivity contribution in [2.75, 3.05) is 26.2 Å². The molecule has 1 heterocycles. The van der Waals surface area contributed by atoms with E-state index < -0.39 is 0 Å². The van der Waals surface area contributed by atoms with Crippen molar-refractivity contribution in [3.63, 3.8) is 0 Å². The topological polar surface area (TPSA) is 34.5 Å². The first-order valence-corrected chi connectivity index (χ1v) is 5.01. The number of aromatic nitrogens is 1. The minimum absolute atomic E-state index is 0.309. The molecule has 2 rings (SSSR count). The highest BCUT2D eigenvalue weighted by Gasteiger charge is 2.15. The Kier molecular flexibility index (Phi) is 2.56. The largest absolute Gasteiger partial charge is 0.465 e. The number of para-hydroxylation sites is 1. The number of benzene rings is 1. The summed E-state index contributed by atoms with van der Waals surface area (Å²) in [7, 11) is 5.24. The molecular weight excluding hydrogens is 204 g/mol. The second-order valence-electron chi connectivity index (χ2n) is 3.74. The number of rotatable bonds is 2. The number of methoxy groups -OCH3 is 1. The van der Waals surface area contributed by atoms with Crippen LogP contribution in [0.25, 0.3) is 10.9 Å². The Balaban J connectivity index is 2.71. The molecule has 0 N–H and O–H groups in total. The van der Waals surface area contributed by atoms with E-state index in [1.54, 1.807) is 6.20 Å². The summed E-state index contributed by atoms with van der Waals surface area (Å²) in [5.41, 5.74) is 1.58. The van der Waals surface area contributed by atoms with Crippen molar-refractivity contribution in [2.45, 2.75) is 0 Å². The third kappa shape index (κ3) is 1.52. The number of esters is 1. The summed E-state index contributed by atoms with van der Waals surface area (Å²) in [5.74, 6) is -0.309. The molecule has 4 nitrogen and oxygen atoms in total. The number of hydrogen-bond acceptors (Lipinski definition) is 3. The Morgan fingerprint density at radius 3 is 2.62 bits per heavy atom. The van der Waals surface area contributed by atoms with Crippen LogP contribution < -0.4 is 5.01 Å². The highest BCUT2D eigenvalue weighted by Crippen LogP contribution is 2.21. The van der Waals surface area contributed by atoms with E-state index in [9.17, 15) is 4.79 Å². The molecular formula is C12H14N2O2. The number of carbonyl (C=O) groups excluding carboxylic acids is 1. The molecule has 0 saturated heterocycles. The predicted octanol–water partition coefficient (Wildman–Crippen LogP) is 1.63. The first-order valence-electron chi connectivity index (χ1n) is 5.01. The molecule has 0 amide bonds. The fourth-order valence-electron chi connectivity index (χ4n) is 1.77. The minimum Gasteiger partial charge on any atom is -0.465 e. The fourth-order valence-corrected chi connectivity index (χ4v) is 1.77. The van der Waals surface area contributed by atoms with Gasteiger partial charge in [0.25, 0.3) is 0 Å². The maximum absolute atomic E-state index is 11.6. The summed E-state index contributed by atoms with van der Waals surface area (Å²) in [6.45, 7) is 0. The summed E-state index contributed by atoms with van der Waals surface area (Å²) in [6.07, 6.45) is 1.79. The third-order valence-corrected chi connectivity index (χ3v) is 2.53. The average Bonchev–Trinajstić information content (AvgIpc) is 2.67. The minimum atomic E-state index is -0.309. The van der Waals surface area contributed by atoms with Crippen LogP contribution in [0.4, 0.5) is 0 Å². The molecule has 16 heavy (non-hydrogen) atoms. The van der Waals surface area contributed by atoms with E-state index in [2.05, 4.69) is 0 Å². The van der Waals surface area contributed by atoms with E-state index in [4.69, 9.17) is 4.74 Å². The summed E-state index contributed by atoms with van der Waals surface area (Å²) < 4.78 is 6.68. The summed E-state index contributed by atoms with van der Waals surface area (Å²) in [4.78, 5) is 11.6. The Bertz CT molecular complexity index is 529. The zero-order chi connectivity index (χ0) is 11.7. The molecule has 84 valence electrons. The molecule has 0 unspecified atom stereocenters. The lowest BCUT2D eigenvalue weighted by atomic mass is 10.2. The standard InChI is InChI=1S/C12H14N2O2/c1-13(2)14-8-10(12(15)16-3)9-6-4-5-7-11(9)14/h4-8H,1-3H3. The second-order valence-corrected chi connectivity index (χ2v) is 3.74. The molecule has 4 heteroatoms. The van der Waals surface area contributed by atoms with E-state index in [1.807, 2.05) is 48.0 Å². The molecule has 0 fully saturated rings. The lowest BCUT2D eigenvalue weighted by Gasteiger charge is -2.15. The Labute approximate surface area is 94.0 Å². The van der Waals surface area contributed by atoms with Crippen molar-refractivity contribution >= 4 is 16.9 Å². The van der Waals surface area contributed by atoms with Gasteiger partial charge in [0, 0.05) is 25.7 Å². The number of carbonyl (C=O) groups is 1. The van der Waals surface area contributed by atoms with E-state index in [0.29, 0.717) is 5.56 Å². The van der Waals surface area contributed by atoms with Crippen molar-refractivity contribution in [2.24, 2.45) is 0 Å².